The molecule has 0 unspecified atom stereocenters. The number of anilines is 1. The van der Waals surface area contributed by atoms with Crippen LogP contribution < -0.4 is 10.9 Å². The fourth-order valence-corrected chi connectivity index (χ4v) is 2.16. The van der Waals surface area contributed by atoms with Gasteiger partial charge in [-0.15, -0.1) is 0 Å². The maximum absolute atomic E-state index is 12.9. The number of hydrogen-bond acceptors (Lipinski definition) is 4. The molecule has 1 aliphatic carbocycles. The fourth-order valence-electron chi connectivity index (χ4n) is 2.16. The number of carbonyl (C=O) groups is 1. The molecular weight excluding hydrogens is 313 g/mol. The Morgan fingerprint density at radius 1 is 1.43 bits per heavy atom. The Morgan fingerprint density at radius 2 is 2.13 bits per heavy atom. The molecule has 128 valence electrons. The number of hydrogen-bond donors (Lipinski definition) is 2. The van der Waals surface area contributed by atoms with Crippen LogP contribution in [0.5, 0.6) is 0 Å². The van der Waals surface area contributed by atoms with Crippen molar-refractivity contribution in [3.8, 4) is 0 Å². The minimum absolute atomic E-state index is 0.00537. The molecule has 1 aromatic heterocycles. The second-order valence-corrected chi connectivity index (χ2v) is 5.56. The molecule has 1 aliphatic rings. The van der Waals surface area contributed by atoms with Crippen LogP contribution in [0.25, 0.3) is 0 Å². The number of aromatic amines is 1. The van der Waals surface area contributed by atoms with Gasteiger partial charge in [-0.2, -0.15) is 13.2 Å². The third-order valence-corrected chi connectivity index (χ3v) is 3.75. The van der Waals surface area contributed by atoms with Gasteiger partial charge in [0.05, 0.1) is 6.61 Å². The van der Waals surface area contributed by atoms with Gasteiger partial charge in [0.2, 0.25) is 0 Å². The minimum atomic E-state index is -4.83. The van der Waals surface area contributed by atoms with Crippen LogP contribution in [0, 0.1) is 0 Å². The molecule has 2 rings (SSSR count). The Hall–Kier alpha value is -1.99. The Labute approximate surface area is 131 Å². The second kappa shape index (κ2) is 7.06. The largest absolute Gasteiger partial charge is 0.462 e. The summed E-state index contributed by atoms with van der Waals surface area (Å²) in [5, 5.41) is 2.91. The molecule has 5 nitrogen and oxygen atoms in total. The van der Waals surface area contributed by atoms with E-state index in [4.69, 9.17) is 4.74 Å². The maximum atomic E-state index is 12.9. The number of H-pyrrole nitrogens is 1. The highest BCUT2D eigenvalue weighted by molar-refractivity contribution is 5.94. The van der Waals surface area contributed by atoms with Gasteiger partial charge >= 0.3 is 12.1 Å². The Balaban J connectivity index is 2.33. The van der Waals surface area contributed by atoms with Crippen molar-refractivity contribution in [2.75, 3.05) is 11.9 Å². The van der Waals surface area contributed by atoms with Crippen molar-refractivity contribution < 1.29 is 22.7 Å². The molecule has 0 atom stereocenters. The van der Waals surface area contributed by atoms with E-state index in [2.05, 4.69) is 10.3 Å². The Kier molecular flexibility index (Phi) is 5.33. The van der Waals surface area contributed by atoms with Crippen molar-refractivity contribution in [3.63, 3.8) is 0 Å². The first-order valence-corrected chi connectivity index (χ1v) is 7.61. The van der Waals surface area contributed by atoms with Gasteiger partial charge in [0.1, 0.15) is 16.9 Å². The third kappa shape index (κ3) is 4.27. The predicted molar refractivity (Wildman–Crippen MR) is 78.5 cm³/mol. The molecule has 0 saturated heterocycles. The topological polar surface area (TPSA) is 71.2 Å². The molecule has 0 amide bonds. The van der Waals surface area contributed by atoms with Gasteiger partial charge in [0.25, 0.3) is 5.56 Å². The molecule has 1 aromatic rings. The average molecular weight is 332 g/mol. The Morgan fingerprint density at radius 3 is 2.65 bits per heavy atom. The van der Waals surface area contributed by atoms with Crippen molar-refractivity contribution in [2.45, 2.75) is 51.2 Å². The van der Waals surface area contributed by atoms with Crippen LogP contribution in [-0.2, 0) is 10.9 Å². The van der Waals surface area contributed by atoms with Crippen LogP contribution >= 0.6 is 0 Å². The fraction of sp³-hybridized carbons (Fsp3) is 0.600. The van der Waals surface area contributed by atoms with Crippen LogP contribution in [0.2, 0.25) is 0 Å². The second-order valence-electron chi connectivity index (χ2n) is 5.56. The molecule has 0 radical (unpaired) electrons. The van der Waals surface area contributed by atoms with Crippen LogP contribution in [0.15, 0.2) is 10.9 Å². The number of nitrogens with one attached hydrogen (secondary N) is 2. The van der Waals surface area contributed by atoms with E-state index < -0.39 is 23.3 Å². The molecule has 0 aromatic carbocycles. The number of ether oxygens (including phenoxy) is 1. The normalized spacial score (nSPS) is 15.1. The van der Waals surface area contributed by atoms with Gasteiger partial charge in [-0.25, -0.2) is 4.79 Å². The molecule has 2 N–H and O–H groups in total. The van der Waals surface area contributed by atoms with Gasteiger partial charge in [-0.3, -0.25) is 4.79 Å². The van der Waals surface area contributed by atoms with Gasteiger partial charge in [0, 0.05) is 6.04 Å². The molecule has 23 heavy (non-hydrogen) atoms. The van der Waals surface area contributed by atoms with Gasteiger partial charge in [-0.1, -0.05) is 13.3 Å². The molecule has 1 fully saturated rings. The van der Waals surface area contributed by atoms with Crippen molar-refractivity contribution in [1.82, 2.24) is 4.98 Å². The molecule has 8 heteroatoms. The number of rotatable bonds is 6. The number of unbranched alkanes of at least 4 members (excludes halogenated alkanes) is 1. The van der Waals surface area contributed by atoms with E-state index in [0.29, 0.717) is 12.5 Å². The summed E-state index contributed by atoms with van der Waals surface area (Å²) in [6, 6.07) is 0.610. The van der Waals surface area contributed by atoms with Crippen molar-refractivity contribution >= 4 is 11.8 Å². The summed E-state index contributed by atoms with van der Waals surface area (Å²) in [5.74, 6) is -0.878. The lowest BCUT2D eigenvalue weighted by Crippen LogP contribution is -2.31. The molecule has 0 aliphatic heterocycles. The molecule has 0 spiro atoms. The SMILES string of the molecule is CCCCOC(=O)c1cc(C(F)(F)F)c(=O)[nH]c1NC1CCC1. The summed E-state index contributed by atoms with van der Waals surface area (Å²) in [7, 11) is 0. The smallest absolute Gasteiger partial charge is 0.421 e. The van der Waals surface area contributed by atoms with Gasteiger partial charge in [-0.05, 0) is 31.7 Å². The number of alkyl halides is 3. The van der Waals surface area contributed by atoms with Crippen LogP contribution in [0.4, 0.5) is 19.0 Å². The van der Waals surface area contributed by atoms with E-state index >= 15 is 0 Å². The lowest BCUT2D eigenvalue weighted by Gasteiger charge is -2.28. The number of pyridine rings is 1. The molecule has 1 saturated carbocycles. The first kappa shape index (κ1) is 17.4. The van der Waals surface area contributed by atoms with Crippen molar-refractivity contribution in [3.05, 3.63) is 27.5 Å². The van der Waals surface area contributed by atoms with E-state index in [1.165, 1.54) is 0 Å². The van der Waals surface area contributed by atoms with E-state index in [0.717, 1.165) is 25.7 Å². The van der Waals surface area contributed by atoms with Gasteiger partial charge < -0.3 is 15.0 Å². The van der Waals surface area contributed by atoms with Gasteiger partial charge in [0.15, 0.2) is 0 Å². The number of halogens is 3. The summed E-state index contributed by atoms with van der Waals surface area (Å²) in [6.45, 7) is 2.03. The zero-order chi connectivity index (χ0) is 17.0. The summed E-state index contributed by atoms with van der Waals surface area (Å²) in [5.41, 5.74) is -2.97. The first-order valence-electron chi connectivity index (χ1n) is 7.61. The van der Waals surface area contributed by atoms with Crippen LogP contribution in [0.3, 0.4) is 0 Å². The van der Waals surface area contributed by atoms with E-state index in [9.17, 15) is 22.8 Å². The quantitative estimate of drug-likeness (QED) is 0.619. The zero-order valence-electron chi connectivity index (χ0n) is 12.8. The summed E-state index contributed by atoms with van der Waals surface area (Å²) < 4.78 is 43.6. The summed E-state index contributed by atoms with van der Waals surface area (Å²) in [4.78, 5) is 25.8. The zero-order valence-corrected chi connectivity index (χ0v) is 12.8. The minimum Gasteiger partial charge on any atom is -0.462 e. The number of aromatic nitrogens is 1. The average Bonchev–Trinajstić information content (AvgIpc) is 2.41. The monoisotopic (exact) mass is 332 g/mol. The van der Waals surface area contributed by atoms with Crippen molar-refractivity contribution in [1.29, 1.82) is 0 Å². The summed E-state index contributed by atoms with van der Waals surface area (Å²) >= 11 is 0. The highest BCUT2D eigenvalue weighted by Gasteiger charge is 2.36. The van der Waals surface area contributed by atoms with E-state index in [1.54, 1.807) is 0 Å². The lowest BCUT2D eigenvalue weighted by atomic mass is 9.93. The molecular formula is C15H19F3N2O3. The predicted octanol–water partition coefficient (Wildman–Crippen LogP) is 3.32. The third-order valence-electron chi connectivity index (χ3n) is 3.75. The van der Waals surface area contributed by atoms with Crippen molar-refractivity contribution in [2.24, 2.45) is 0 Å². The highest BCUT2D eigenvalue weighted by Crippen LogP contribution is 2.30. The van der Waals surface area contributed by atoms with E-state index in [1.807, 2.05) is 6.92 Å². The standard InChI is InChI=1S/C15H19F3N2O3/c1-2-3-7-23-14(22)10-8-11(15(16,17)18)13(21)20-12(10)19-9-5-4-6-9/h8-9H,2-7H2,1H3,(H2,19,20,21). The molecule has 0 bridgehead atoms. The number of esters is 1. The first-order chi connectivity index (χ1) is 10.8. The lowest BCUT2D eigenvalue weighted by molar-refractivity contribution is -0.138. The van der Waals surface area contributed by atoms with Crippen LogP contribution in [0.1, 0.15) is 54.9 Å². The number of carbonyl (C=O) groups excluding carboxylic acids is 1. The summed E-state index contributed by atoms with van der Waals surface area (Å²) in [6.07, 6.45) is -0.743. The Bertz CT molecular complexity index is 621. The van der Waals surface area contributed by atoms with E-state index in [-0.39, 0.29) is 24.0 Å². The maximum Gasteiger partial charge on any atom is 0.421 e. The molecule has 1 heterocycles. The highest BCUT2D eigenvalue weighted by atomic mass is 19.4. The van der Waals surface area contributed by atoms with Crippen LogP contribution in [-0.4, -0.2) is 23.6 Å².